The summed E-state index contributed by atoms with van der Waals surface area (Å²) in [5.41, 5.74) is 3.47. The molecule has 0 aliphatic carbocycles. The van der Waals surface area contributed by atoms with Crippen molar-refractivity contribution in [1.82, 2.24) is 9.78 Å². The molecule has 0 N–H and O–H groups in total. The van der Waals surface area contributed by atoms with Crippen LogP contribution >= 0.6 is 0 Å². The summed E-state index contributed by atoms with van der Waals surface area (Å²) in [6, 6.07) is 0. The van der Waals surface area contributed by atoms with Gasteiger partial charge < -0.3 is 0 Å². The summed E-state index contributed by atoms with van der Waals surface area (Å²) in [4.78, 5) is 0. The molecule has 0 aliphatic heterocycles. The smallest absolute Gasteiger partial charge is 0.0679 e. The Morgan fingerprint density at radius 3 is 2.47 bits per heavy atom. The minimum Gasteiger partial charge on any atom is -0.268 e. The molecule has 2 heteroatoms. The van der Waals surface area contributed by atoms with Gasteiger partial charge in [-0.3, -0.25) is 4.68 Å². The minimum absolute atomic E-state index is 0.0327. The lowest BCUT2D eigenvalue weighted by Crippen LogP contribution is -2.12. The molecule has 0 radical (unpaired) electrons. The number of hydrogen-bond acceptors (Lipinski definition) is 1. The number of hydrogen-bond donors (Lipinski definition) is 0. The first-order chi connectivity index (χ1) is 6.88. The van der Waals surface area contributed by atoms with Crippen molar-refractivity contribution < 1.29 is 0 Å². The first-order valence-electron chi connectivity index (χ1n) is 5.03. The summed E-state index contributed by atoms with van der Waals surface area (Å²) in [6.45, 7) is 8.52. The summed E-state index contributed by atoms with van der Waals surface area (Å²) in [7, 11) is 1.94. The Balaban J connectivity index is 3.37. The van der Waals surface area contributed by atoms with Crippen LogP contribution in [-0.2, 0) is 7.05 Å². The van der Waals surface area contributed by atoms with Crippen LogP contribution in [-0.4, -0.2) is 9.78 Å². The van der Waals surface area contributed by atoms with Gasteiger partial charge in [0.15, 0.2) is 0 Å². The number of terminal acetylenes is 1. The van der Waals surface area contributed by atoms with Crippen LogP contribution in [0.4, 0.5) is 0 Å². The van der Waals surface area contributed by atoms with Crippen LogP contribution in [0, 0.1) is 24.7 Å². The summed E-state index contributed by atoms with van der Waals surface area (Å²) in [5.74, 6) is 2.61. The van der Waals surface area contributed by atoms with E-state index < -0.39 is 0 Å². The van der Waals surface area contributed by atoms with E-state index >= 15 is 0 Å². The molecule has 1 heterocycles. The van der Waals surface area contributed by atoms with E-state index in [9.17, 15) is 0 Å². The fourth-order valence-electron chi connectivity index (χ4n) is 1.66. The second kappa shape index (κ2) is 3.94. The molecule has 0 saturated heterocycles. The molecule has 0 aromatic carbocycles. The second-order valence-electron chi connectivity index (χ2n) is 4.77. The van der Waals surface area contributed by atoms with Crippen molar-refractivity contribution >= 4 is 5.57 Å². The average Bonchev–Trinajstić information content (AvgIpc) is 2.41. The molecule has 80 valence electrons. The van der Waals surface area contributed by atoms with E-state index in [0.717, 1.165) is 16.8 Å². The number of rotatable bonds is 1. The third-order valence-corrected chi connectivity index (χ3v) is 2.41. The predicted octanol–water partition coefficient (Wildman–Crippen LogP) is 2.79. The molecule has 0 unspecified atom stereocenters. The Morgan fingerprint density at radius 1 is 1.53 bits per heavy atom. The Bertz CT molecular complexity index is 403. The maximum atomic E-state index is 5.38. The number of allylic oxidation sites excluding steroid dienone is 2. The molecule has 2 nitrogen and oxygen atoms in total. The van der Waals surface area contributed by atoms with Gasteiger partial charge in [-0.2, -0.15) is 5.10 Å². The molecular formula is C13H18N2. The molecule has 0 spiro atoms. The van der Waals surface area contributed by atoms with Gasteiger partial charge >= 0.3 is 0 Å². The lowest BCUT2D eigenvalue weighted by molar-refractivity contribution is 0.557. The summed E-state index contributed by atoms with van der Waals surface area (Å²) in [5, 5.41) is 4.24. The number of aromatic nitrogens is 2. The van der Waals surface area contributed by atoms with Gasteiger partial charge in [0.1, 0.15) is 0 Å². The molecule has 0 fully saturated rings. The van der Waals surface area contributed by atoms with Crippen molar-refractivity contribution in [3.8, 4) is 12.3 Å². The first-order valence-corrected chi connectivity index (χ1v) is 5.03. The van der Waals surface area contributed by atoms with Gasteiger partial charge in [0.2, 0.25) is 0 Å². The third kappa shape index (κ3) is 2.30. The minimum atomic E-state index is 0.0327. The van der Waals surface area contributed by atoms with Crippen LogP contribution in [0.5, 0.6) is 0 Å². The summed E-state index contributed by atoms with van der Waals surface area (Å²) in [6.07, 6.45) is 9.08. The maximum Gasteiger partial charge on any atom is 0.0679 e. The van der Waals surface area contributed by atoms with E-state index in [0.29, 0.717) is 0 Å². The topological polar surface area (TPSA) is 17.8 Å². The Hall–Kier alpha value is -1.49. The van der Waals surface area contributed by atoms with Crippen LogP contribution in [0.3, 0.4) is 0 Å². The van der Waals surface area contributed by atoms with Gasteiger partial charge in [-0.15, -0.1) is 6.42 Å². The van der Waals surface area contributed by atoms with E-state index in [1.165, 1.54) is 0 Å². The van der Waals surface area contributed by atoms with Crippen molar-refractivity contribution in [3.05, 3.63) is 23.5 Å². The fraction of sp³-hybridized carbons (Fsp3) is 0.462. The molecule has 15 heavy (non-hydrogen) atoms. The third-order valence-electron chi connectivity index (χ3n) is 2.41. The van der Waals surface area contributed by atoms with E-state index in [2.05, 4.69) is 38.7 Å². The Kier molecular flexibility index (Phi) is 3.04. The number of aryl methyl sites for hydroxylation is 2. The summed E-state index contributed by atoms with van der Waals surface area (Å²) >= 11 is 0. The zero-order valence-corrected chi connectivity index (χ0v) is 10.1. The molecule has 0 bridgehead atoms. The molecule has 1 rings (SSSR count). The maximum absolute atomic E-state index is 5.38. The van der Waals surface area contributed by atoms with Crippen LogP contribution < -0.4 is 0 Å². The standard InChI is InChI=1S/C13H18N2/c1-7-8-11(13(3,4)5)12-10(2)9-14-15(12)6/h1,8-9H,2-6H3/b11-8+. The lowest BCUT2D eigenvalue weighted by Gasteiger charge is -2.23. The van der Waals surface area contributed by atoms with Gasteiger partial charge in [0.05, 0.1) is 11.9 Å². The highest BCUT2D eigenvalue weighted by Gasteiger charge is 2.22. The Morgan fingerprint density at radius 2 is 2.13 bits per heavy atom. The van der Waals surface area contributed by atoms with E-state index in [4.69, 9.17) is 6.42 Å². The SMILES string of the molecule is C#C/C=C(\c1c(C)cnn1C)C(C)(C)C. The highest BCUT2D eigenvalue weighted by atomic mass is 15.3. The van der Waals surface area contributed by atoms with Crippen LogP contribution in [0.1, 0.15) is 32.0 Å². The van der Waals surface area contributed by atoms with Crippen LogP contribution in [0.2, 0.25) is 0 Å². The predicted molar refractivity (Wildman–Crippen MR) is 64.2 cm³/mol. The normalized spacial score (nSPS) is 12.7. The van der Waals surface area contributed by atoms with Gasteiger partial charge in [0.25, 0.3) is 0 Å². The van der Waals surface area contributed by atoms with Crippen LogP contribution in [0.25, 0.3) is 5.57 Å². The van der Waals surface area contributed by atoms with Crippen molar-refractivity contribution in [3.63, 3.8) is 0 Å². The van der Waals surface area contributed by atoms with E-state index in [1.807, 2.05) is 24.0 Å². The average molecular weight is 202 g/mol. The zero-order chi connectivity index (χ0) is 11.6. The highest BCUT2D eigenvalue weighted by molar-refractivity contribution is 5.71. The quantitative estimate of drug-likeness (QED) is 0.640. The molecule has 0 saturated carbocycles. The molecule has 0 aliphatic rings. The monoisotopic (exact) mass is 202 g/mol. The second-order valence-corrected chi connectivity index (χ2v) is 4.77. The molecule has 0 amide bonds. The largest absolute Gasteiger partial charge is 0.268 e. The lowest BCUT2D eigenvalue weighted by atomic mass is 9.83. The van der Waals surface area contributed by atoms with Crippen molar-refractivity contribution in [2.45, 2.75) is 27.7 Å². The highest BCUT2D eigenvalue weighted by Crippen LogP contribution is 2.34. The van der Waals surface area contributed by atoms with Gasteiger partial charge in [-0.05, 0) is 29.6 Å². The van der Waals surface area contributed by atoms with Crippen molar-refractivity contribution in [1.29, 1.82) is 0 Å². The van der Waals surface area contributed by atoms with Gasteiger partial charge in [-0.1, -0.05) is 26.7 Å². The summed E-state index contributed by atoms with van der Waals surface area (Å²) < 4.78 is 1.88. The molecule has 1 aromatic rings. The van der Waals surface area contributed by atoms with Gasteiger partial charge in [0, 0.05) is 7.05 Å². The van der Waals surface area contributed by atoms with Gasteiger partial charge in [-0.25, -0.2) is 0 Å². The van der Waals surface area contributed by atoms with Crippen LogP contribution in [0.15, 0.2) is 12.3 Å². The number of nitrogens with zero attached hydrogens (tertiary/aromatic N) is 2. The Labute approximate surface area is 92.0 Å². The molecule has 1 aromatic heterocycles. The first kappa shape index (κ1) is 11.6. The van der Waals surface area contributed by atoms with Crippen molar-refractivity contribution in [2.24, 2.45) is 12.5 Å². The van der Waals surface area contributed by atoms with E-state index in [-0.39, 0.29) is 5.41 Å². The molecule has 0 atom stereocenters. The fourth-order valence-corrected chi connectivity index (χ4v) is 1.66. The zero-order valence-electron chi connectivity index (χ0n) is 10.1. The van der Waals surface area contributed by atoms with Crippen molar-refractivity contribution in [2.75, 3.05) is 0 Å². The molecular weight excluding hydrogens is 184 g/mol. The van der Waals surface area contributed by atoms with E-state index in [1.54, 1.807) is 0 Å².